The third-order valence-corrected chi connectivity index (χ3v) is 10.7. The van der Waals surface area contributed by atoms with E-state index in [9.17, 15) is 19.2 Å². The fourth-order valence-electron chi connectivity index (χ4n) is 6.91. The summed E-state index contributed by atoms with van der Waals surface area (Å²) in [5, 5.41) is 27.4. The van der Waals surface area contributed by atoms with Gasteiger partial charge in [-0.3, -0.25) is 29.4 Å². The SMILES string of the molecule is CC(C)CCC(=O)O.COc1cccc(N(CCCN)C(=O)CCc2[nH]nc3ncccc23)c1.COc1cccc(N(CCCNC(=O)CCC(C)C)C(=O)CCc2[nH]nc3ncccc23)c1. The molecular formula is C50H68N10O7. The van der Waals surface area contributed by atoms with Crippen molar-refractivity contribution in [3.8, 4) is 11.5 Å². The van der Waals surface area contributed by atoms with Crippen LogP contribution in [0.3, 0.4) is 0 Å². The molecule has 6 rings (SSSR count). The first kappa shape index (κ1) is 52.7. The summed E-state index contributed by atoms with van der Waals surface area (Å²) in [5.41, 5.74) is 10.4. The molecule has 3 amide bonds. The predicted octanol–water partition coefficient (Wildman–Crippen LogP) is 7.66. The number of ether oxygens (including phenoxy) is 2. The van der Waals surface area contributed by atoms with Gasteiger partial charge in [-0.05, 0) is 105 Å². The van der Waals surface area contributed by atoms with Gasteiger partial charge in [-0.1, -0.05) is 39.8 Å². The number of methoxy groups -OCH3 is 2. The molecule has 0 saturated heterocycles. The number of nitrogens with one attached hydrogen (secondary N) is 3. The van der Waals surface area contributed by atoms with E-state index in [1.165, 1.54) is 0 Å². The van der Waals surface area contributed by atoms with Crippen molar-refractivity contribution >= 4 is 57.1 Å². The van der Waals surface area contributed by atoms with Crippen LogP contribution in [-0.2, 0) is 32.0 Å². The van der Waals surface area contributed by atoms with Crippen molar-refractivity contribution < 1.29 is 33.8 Å². The first-order valence-corrected chi connectivity index (χ1v) is 23.0. The van der Waals surface area contributed by atoms with Gasteiger partial charge in [-0.2, -0.15) is 10.2 Å². The Balaban J connectivity index is 0.000000256. The molecule has 0 unspecified atom stereocenters. The van der Waals surface area contributed by atoms with Gasteiger partial charge in [0.15, 0.2) is 11.3 Å². The number of hydrogen-bond donors (Lipinski definition) is 5. The van der Waals surface area contributed by atoms with Crippen molar-refractivity contribution in [1.82, 2.24) is 35.7 Å². The highest BCUT2D eigenvalue weighted by Gasteiger charge is 2.19. The summed E-state index contributed by atoms with van der Waals surface area (Å²) in [6.07, 6.45) is 9.09. The van der Waals surface area contributed by atoms with Crippen molar-refractivity contribution in [1.29, 1.82) is 0 Å². The van der Waals surface area contributed by atoms with Crippen molar-refractivity contribution in [3.63, 3.8) is 0 Å². The van der Waals surface area contributed by atoms with E-state index in [2.05, 4.69) is 49.5 Å². The average Bonchev–Trinajstić information content (AvgIpc) is 3.96. The van der Waals surface area contributed by atoms with Crippen molar-refractivity contribution in [3.05, 3.63) is 96.6 Å². The highest BCUT2D eigenvalue weighted by Crippen LogP contribution is 2.25. The molecule has 0 bridgehead atoms. The number of fused-ring (bicyclic) bond motifs is 2. The molecule has 0 fully saturated rings. The molecule has 4 aromatic heterocycles. The molecule has 0 spiro atoms. The molecule has 6 aromatic rings. The molecule has 0 atom stereocenters. The number of aromatic nitrogens is 6. The first-order chi connectivity index (χ1) is 32.3. The highest BCUT2D eigenvalue weighted by atomic mass is 16.5. The molecule has 0 aliphatic heterocycles. The maximum atomic E-state index is 13.2. The van der Waals surface area contributed by atoms with Crippen LogP contribution in [0.25, 0.3) is 22.1 Å². The van der Waals surface area contributed by atoms with Gasteiger partial charge in [0.2, 0.25) is 17.7 Å². The van der Waals surface area contributed by atoms with Gasteiger partial charge in [0.05, 0.1) is 14.2 Å². The van der Waals surface area contributed by atoms with E-state index < -0.39 is 5.97 Å². The number of carbonyl (C=O) groups excluding carboxylic acids is 3. The number of aliphatic carboxylic acids is 1. The van der Waals surface area contributed by atoms with Gasteiger partial charge in [-0.25, -0.2) is 9.97 Å². The maximum absolute atomic E-state index is 13.2. The standard InChI is InChI=1S/C25H33N5O3.C19H23N5O2.C6H12O2/c1-18(2)10-12-23(31)26-15-6-16-30(19-7-4-8-20(17-19)33-3)24(32)13-11-22-21-9-5-14-27-25(21)29-28-22;1-26-15-6-2-5-14(13-15)24(12-4-10-20)18(25)9-8-17-16-7-3-11-21-19(16)23-22-17;1-5(2)3-4-6(7)8/h4-5,7-9,14,17-18H,6,10-13,15-16H2,1-3H3,(H,26,31)(H,27,28,29);2-3,5-7,11,13H,4,8-10,12,20H2,1H3,(H,21,22,23);5H,3-4H2,1-2H3,(H,7,8). The Morgan fingerprint density at radius 1 is 0.672 bits per heavy atom. The van der Waals surface area contributed by atoms with Crippen LogP contribution in [-0.4, -0.2) is 99.6 Å². The number of aryl methyl sites for hydroxylation is 2. The van der Waals surface area contributed by atoms with Gasteiger partial charge < -0.3 is 35.4 Å². The van der Waals surface area contributed by atoms with Gasteiger partial charge in [-0.15, -0.1) is 0 Å². The molecule has 0 saturated carbocycles. The van der Waals surface area contributed by atoms with Crippen LogP contribution in [0.15, 0.2) is 85.2 Å². The lowest BCUT2D eigenvalue weighted by atomic mass is 10.1. The predicted molar refractivity (Wildman–Crippen MR) is 262 cm³/mol. The summed E-state index contributed by atoms with van der Waals surface area (Å²) < 4.78 is 10.6. The Bertz CT molecular complexity index is 2450. The number of carboxylic acids is 1. The summed E-state index contributed by atoms with van der Waals surface area (Å²) in [5.74, 6) is 1.82. The van der Waals surface area contributed by atoms with Gasteiger partial charge >= 0.3 is 5.97 Å². The zero-order chi connectivity index (χ0) is 48.6. The van der Waals surface area contributed by atoms with E-state index >= 15 is 0 Å². The molecule has 0 radical (unpaired) electrons. The van der Waals surface area contributed by atoms with Crippen LogP contribution < -0.4 is 30.3 Å². The van der Waals surface area contributed by atoms with Gasteiger partial charge in [0.25, 0.3) is 0 Å². The minimum absolute atomic E-state index is 0.000952. The molecule has 6 N–H and O–H groups in total. The van der Waals surface area contributed by atoms with E-state index in [0.717, 1.165) is 58.5 Å². The van der Waals surface area contributed by atoms with Crippen LogP contribution in [0.5, 0.6) is 11.5 Å². The largest absolute Gasteiger partial charge is 0.497 e. The van der Waals surface area contributed by atoms with E-state index in [4.69, 9.17) is 20.3 Å². The normalized spacial score (nSPS) is 10.8. The Morgan fingerprint density at radius 2 is 1.15 bits per heavy atom. The molecule has 17 heteroatoms. The number of H-pyrrole nitrogens is 2. The number of aromatic amines is 2. The molecule has 360 valence electrons. The average molecular weight is 921 g/mol. The summed E-state index contributed by atoms with van der Waals surface area (Å²) in [4.78, 5) is 60.0. The van der Waals surface area contributed by atoms with Crippen LogP contribution >= 0.6 is 0 Å². The lowest BCUT2D eigenvalue weighted by Gasteiger charge is -2.23. The van der Waals surface area contributed by atoms with Crippen LogP contribution in [0.1, 0.15) is 90.4 Å². The summed E-state index contributed by atoms with van der Waals surface area (Å²) >= 11 is 0. The number of benzene rings is 2. The number of pyridine rings is 2. The number of nitrogens with zero attached hydrogens (tertiary/aromatic N) is 6. The number of hydrogen-bond acceptors (Lipinski definition) is 11. The van der Waals surface area contributed by atoms with Gasteiger partial charge in [0.1, 0.15) is 11.5 Å². The zero-order valence-corrected chi connectivity index (χ0v) is 39.8. The number of rotatable bonds is 23. The molecular weight excluding hydrogens is 853 g/mol. The minimum atomic E-state index is -0.696. The second-order valence-electron chi connectivity index (χ2n) is 16.8. The highest BCUT2D eigenvalue weighted by molar-refractivity contribution is 5.95. The smallest absolute Gasteiger partial charge is 0.303 e. The fourth-order valence-corrected chi connectivity index (χ4v) is 6.91. The first-order valence-electron chi connectivity index (χ1n) is 23.0. The maximum Gasteiger partial charge on any atom is 0.303 e. The van der Waals surface area contributed by atoms with Crippen LogP contribution in [0.2, 0.25) is 0 Å². The quantitative estimate of drug-likeness (QED) is 0.0390. The summed E-state index contributed by atoms with van der Waals surface area (Å²) in [6, 6.07) is 22.6. The Morgan fingerprint density at radius 3 is 1.58 bits per heavy atom. The number of carboxylic acid groups (broad SMARTS) is 1. The Kier molecular flexibility index (Phi) is 22.2. The molecule has 17 nitrogen and oxygen atoms in total. The third kappa shape index (κ3) is 17.8. The second-order valence-corrected chi connectivity index (χ2v) is 16.8. The number of nitrogens with two attached hydrogens (primary N) is 1. The van der Waals surface area contributed by atoms with E-state index in [1.807, 2.05) is 86.6 Å². The number of anilines is 2. The van der Waals surface area contributed by atoms with Gasteiger partial charge in [0, 0.05) is 103 Å². The minimum Gasteiger partial charge on any atom is -0.497 e. The van der Waals surface area contributed by atoms with E-state index in [-0.39, 0.29) is 17.7 Å². The van der Waals surface area contributed by atoms with E-state index in [1.54, 1.807) is 36.4 Å². The fraction of sp³-hybridized carbons (Fsp3) is 0.440. The molecule has 0 aliphatic rings. The van der Waals surface area contributed by atoms with Crippen molar-refractivity contribution in [2.24, 2.45) is 17.6 Å². The number of amides is 3. The van der Waals surface area contributed by atoms with E-state index in [0.29, 0.717) is 100 Å². The molecule has 4 heterocycles. The van der Waals surface area contributed by atoms with Crippen molar-refractivity contribution in [2.45, 2.75) is 91.9 Å². The molecule has 0 aliphatic carbocycles. The third-order valence-electron chi connectivity index (χ3n) is 10.7. The lowest BCUT2D eigenvalue weighted by Crippen LogP contribution is -2.34. The Hall–Kier alpha value is -6.88. The summed E-state index contributed by atoms with van der Waals surface area (Å²) in [7, 11) is 3.22. The Labute approximate surface area is 393 Å². The monoisotopic (exact) mass is 921 g/mol. The lowest BCUT2D eigenvalue weighted by molar-refractivity contribution is -0.137. The number of carbonyl (C=O) groups is 4. The van der Waals surface area contributed by atoms with Crippen LogP contribution in [0.4, 0.5) is 11.4 Å². The zero-order valence-electron chi connectivity index (χ0n) is 39.8. The molecule has 2 aromatic carbocycles. The second kappa shape index (κ2) is 28.2. The van der Waals surface area contributed by atoms with Crippen LogP contribution in [0, 0.1) is 11.8 Å². The summed E-state index contributed by atoms with van der Waals surface area (Å²) in [6.45, 7) is 10.4. The molecule has 67 heavy (non-hydrogen) atoms. The topological polar surface area (TPSA) is 235 Å². The van der Waals surface area contributed by atoms with Crippen molar-refractivity contribution in [2.75, 3.05) is 50.2 Å².